The lowest BCUT2D eigenvalue weighted by atomic mass is 9.96. The highest BCUT2D eigenvalue weighted by Crippen LogP contribution is 2.27. The summed E-state index contributed by atoms with van der Waals surface area (Å²) in [4.78, 5) is 21.7. The number of hydrogen-bond acceptors (Lipinski definition) is 3. The van der Waals surface area contributed by atoms with E-state index in [-0.39, 0.29) is 6.29 Å². The van der Waals surface area contributed by atoms with Gasteiger partial charge in [0.1, 0.15) is 12.4 Å². The van der Waals surface area contributed by atoms with Crippen LogP contribution >= 0.6 is 0 Å². The molecule has 2 atom stereocenters. The molecule has 0 aliphatic rings. The van der Waals surface area contributed by atoms with Crippen molar-refractivity contribution in [2.45, 2.75) is 51.5 Å². The van der Waals surface area contributed by atoms with Gasteiger partial charge in [-0.05, 0) is 27.2 Å². The van der Waals surface area contributed by atoms with Crippen LogP contribution in [0, 0.1) is 5.92 Å². The first-order chi connectivity index (χ1) is 7.96. The van der Waals surface area contributed by atoms with Crippen molar-refractivity contribution in [2.75, 3.05) is 0 Å². The van der Waals surface area contributed by atoms with Crippen LogP contribution in [0.5, 0.6) is 0 Å². The Morgan fingerprint density at radius 3 is 2.11 bits per heavy atom. The molecule has 0 aromatic carbocycles. The third-order valence-electron chi connectivity index (χ3n) is 2.08. The van der Waals surface area contributed by atoms with Gasteiger partial charge in [-0.3, -0.25) is 4.79 Å². The topological polar surface area (TPSA) is 63.6 Å². The zero-order valence-electron chi connectivity index (χ0n) is 10.5. The third kappa shape index (κ3) is 7.26. The van der Waals surface area contributed by atoms with Gasteiger partial charge >= 0.3 is 12.1 Å². The maximum atomic E-state index is 12.1. The van der Waals surface area contributed by atoms with Crippen LogP contribution < -0.4 is 0 Å². The van der Waals surface area contributed by atoms with Crippen LogP contribution in [0.2, 0.25) is 0 Å². The van der Waals surface area contributed by atoms with E-state index < -0.39 is 42.6 Å². The number of ether oxygens (including phenoxy) is 1. The highest BCUT2D eigenvalue weighted by atomic mass is 19.4. The molecule has 0 saturated carbocycles. The molecule has 0 aliphatic heterocycles. The maximum absolute atomic E-state index is 12.1. The van der Waals surface area contributed by atoms with Crippen LogP contribution in [0.15, 0.2) is 0 Å². The molecule has 0 saturated heterocycles. The number of carboxylic acid groups (broad SMARTS) is 1. The molecule has 0 aliphatic carbocycles. The Bertz CT molecular complexity index is 294. The molecule has 0 amide bonds. The van der Waals surface area contributed by atoms with Gasteiger partial charge in [-0.15, -0.1) is 0 Å². The van der Waals surface area contributed by atoms with Gasteiger partial charge in [0.25, 0.3) is 0 Å². The Kier molecular flexibility index (Phi) is 5.79. The van der Waals surface area contributed by atoms with Gasteiger partial charge in [0, 0.05) is 6.42 Å². The van der Waals surface area contributed by atoms with Crippen molar-refractivity contribution in [3.63, 3.8) is 0 Å². The smallest absolute Gasteiger partial charge is 0.389 e. The first-order valence-corrected chi connectivity index (χ1v) is 5.39. The summed E-state index contributed by atoms with van der Waals surface area (Å²) in [5.74, 6) is -2.97. The van der Waals surface area contributed by atoms with E-state index in [1.807, 2.05) is 0 Å². The molecule has 0 aromatic heterocycles. The minimum absolute atomic E-state index is 0.237. The van der Waals surface area contributed by atoms with Crippen LogP contribution in [0.3, 0.4) is 0 Å². The molecule has 0 fully saturated rings. The van der Waals surface area contributed by atoms with Gasteiger partial charge in [-0.1, -0.05) is 0 Å². The van der Waals surface area contributed by atoms with Crippen molar-refractivity contribution in [1.29, 1.82) is 0 Å². The molecular formula is C11H17F3O4. The highest BCUT2D eigenvalue weighted by molar-refractivity contribution is 5.76. The van der Waals surface area contributed by atoms with Crippen LogP contribution in [0.4, 0.5) is 13.2 Å². The van der Waals surface area contributed by atoms with Crippen LogP contribution in [0.25, 0.3) is 0 Å². The molecule has 7 heteroatoms. The fourth-order valence-electron chi connectivity index (χ4n) is 1.36. The van der Waals surface area contributed by atoms with E-state index in [2.05, 4.69) is 0 Å². The SMILES string of the molecule is CC(C)(C)OC(C=O)[C@@H](CCC(F)(F)F)C(=O)O. The minimum atomic E-state index is -4.46. The van der Waals surface area contributed by atoms with Crippen LogP contribution in [-0.4, -0.2) is 35.2 Å². The van der Waals surface area contributed by atoms with E-state index in [9.17, 15) is 22.8 Å². The van der Waals surface area contributed by atoms with Crippen molar-refractivity contribution in [2.24, 2.45) is 5.92 Å². The summed E-state index contributed by atoms with van der Waals surface area (Å²) in [5.41, 5.74) is -0.808. The second-order valence-corrected chi connectivity index (χ2v) is 4.93. The number of carboxylic acids is 1. The number of hydrogen-bond donors (Lipinski definition) is 1. The number of carbonyl (C=O) groups is 2. The molecular weight excluding hydrogens is 253 g/mol. The van der Waals surface area contributed by atoms with Gasteiger partial charge in [0.05, 0.1) is 11.5 Å². The Balaban J connectivity index is 4.75. The van der Waals surface area contributed by atoms with Crippen LogP contribution in [-0.2, 0) is 14.3 Å². The number of halogens is 3. The molecule has 0 aromatic rings. The highest BCUT2D eigenvalue weighted by Gasteiger charge is 2.36. The van der Waals surface area contributed by atoms with Crippen molar-refractivity contribution in [3.8, 4) is 0 Å². The molecule has 0 bridgehead atoms. The minimum Gasteiger partial charge on any atom is -0.481 e. The van der Waals surface area contributed by atoms with Gasteiger partial charge in [0.15, 0.2) is 0 Å². The van der Waals surface area contributed by atoms with Gasteiger partial charge < -0.3 is 14.6 Å². The second-order valence-electron chi connectivity index (χ2n) is 4.93. The summed E-state index contributed by atoms with van der Waals surface area (Å²) >= 11 is 0. The molecule has 4 nitrogen and oxygen atoms in total. The lowest BCUT2D eigenvalue weighted by molar-refractivity contribution is -0.164. The van der Waals surface area contributed by atoms with Gasteiger partial charge in [-0.2, -0.15) is 13.2 Å². The Morgan fingerprint density at radius 2 is 1.83 bits per heavy atom. The van der Waals surface area contributed by atoms with E-state index in [0.29, 0.717) is 0 Å². The van der Waals surface area contributed by atoms with E-state index in [0.717, 1.165) is 0 Å². The summed E-state index contributed by atoms with van der Waals surface area (Å²) in [7, 11) is 0. The van der Waals surface area contributed by atoms with E-state index >= 15 is 0 Å². The monoisotopic (exact) mass is 270 g/mol. The van der Waals surface area contributed by atoms with Crippen LogP contribution in [0.1, 0.15) is 33.6 Å². The molecule has 0 radical (unpaired) electrons. The quantitative estimate of drug-likeness (QED) is 0.753. The second kappa shape index (κ2) is 6.17. The summed E-state index contributed by atoms with van der Waals surface area (Å²) in [5, 5.41) is 8.86. The Morgan fingerprint density at radius 1 is 1.33 bits per heavy atom. The van der Waals surface area contributed by atoms with Crippen molar-refractivity contribution in [3.05, 3.63) is 0 Å². The number of alkyl halides is 3. The number of aldehydes is 1. The molecule has 1 N–H and O–H groups in total. The molecule has 18 heavy (non-hydrogen) atoms. The van der Waals surface area contributed by atoms with E-state index in [1.165, 1.54) is 0 Å². The fraction of sp³-hybridized carbons (Fsp3) is 0.818. The lowest BCUT2D eigenvalue weighted by Gasteiger charge is -2.28. The molecule has 0 spiro atoms. The lowest BCUT2D eigenvalue weighted by Crippen LogP contribution is -2.38. The summed E-state index contributed by atoms with van der Waals surface area (Å²) < 4.78 is 41.3. The van der Waals surface area contributed by atoms with E-state index in [4.69, 9.17) is 9.84 Å². The fourth-order valence-corrected chi connectivity index (χ4v) is 1.36. The van der Waals surface area contributed by atoms with Gasteiger partial charge in [0.2, 0.25) is 0 Å². The molecule has 0 heterocycles. The predicted octanol–water partition coefficient (Wildman–Crippen LogP) is 2.41. The zero-order chi connectivity index (χ0) is 14.6. The maximum Gasteiger partial charge on any atom is 0.389 e. The first kappa shape index (κ1) is 16.9. The summed E-state index contributed by atoms with van der Waals surface area (Å²) in [6.07, 6.45) is -7.55. The number of aliphatic carboxylic acids is 1. The molecule has 0 rings (SSSR count). The molecule has 106 valence electrons. The number of rotatable bonds is 6. The first-order valence-electron chi connectivity index (χ1n) is 5.39. The Labute approximate surface area is 103 Å². The van der Waals surface area contributed by atoms with Gasteiger partial charge in [-0.25, -0.2) is 0 Å². The number of carbonyl (C=O) groups excluding carboxylic acids is 1. The average Bonchev–Trinajstić information content (AvgIpc) is 2.11. The third-order valence-corrected chi connectivity index (χ3v) is 2.08. The largest absolute Gasteiger partial charge is 0.481 e. The summed E-state index contributed by atoms with van der Waals surface area (Å²) in [6, 6.07) is 0. The molecule has 1 unspecified atom stereocenters. The summed E-state index contributed by atoms with van der Waals surface area (Å²) in [6.45, 7) is 4.77. The Hall–Kier alpha value is -1.11. The van der Waals surface area contributed by atoms with E-state index in [1.54, 1.807) is 20.8 Å². The zero-order valence-corrected chi connectivity index (χ0v) is 10.5. The normalized spacial score (nSPS) is 16.1. The van der Waals surface area contributed by atoms with Crippen molar-refractivity contribution < 1.29 is 32.6 Å². The van der Waals surface area contributed by atoms with Crippen molar-refractivity contribution in [1.82, 2.24) is 0 Å². The standard InChI is InChI=1S/C11H17F3O4/c1-10(2,3)18-8(6-15)7(9(16)17)4-5-11(12,13)14/h6-8H,4-5H2,1-3H3,(H,16,17)/t7-,8?/m1/s1. The predicted molar refractivity (Wildman–Crippen MR) is 57.1 cm³/mol. The van der Waals surface area contributed by atoms with Crippen molar-refractivity contribution >= 4 is 12.3 Å². The average molecular weight is 270 g/mol.